The number of non-ortho nitro benzene ring substituents is 1. The van der Waals surface area contributed by atoms with Gasteiger partial charge in [-0.25, -0.2) is 0 Å². The van der Waals surface area contributed by atoms with E-state index in [0.717, 1.165) is 33.7 Å². The predicted molar refractivity (Wildman–Crippen MR) is 136 cm³/mol. The molecule has 10 nitrogen and oxygen atoms in total. The van der Waals surface area contributed by atoms with Gasteiger partial charge in [0.1, 0.15) is 5.69 Å². The third-order valence-corrected chi connectivity index (χ3v) is 5.60. The molecule has 0 atom stereocenters. The Hall–Kier alpha value is -4.80. The number of benzene rings is 4. The lowest BCUT2D eigenvalue weighted by Crippen LogP contribution is -2.32. The molecule has 1 heterocycles. The largest absolute Gasteiger partial charge is 0.300 e. The van der Waals surface area contributed by atoms with Crippen molar-refractivity contribution < 1.29 is 15.1 Å². The van der Waals surface area contributed by atoms with Crippen LogP contribution in [0.3, 0.4) is 0 Å². The minimum absolute atomic E-state index is 0.214. The second-order valence-corrected chi connectivity index (χ2v) is 8.01. The van der Waals surface area contributed by atoms with Crippen LogP contribution in [0.2, 0.25) is 0 Å². The Kier molecular flexibility index (Phi) is 7.49. The fourth-order valence-corrected chi connectivity index (χ4v) is 3.88. The van der Waals surface area contributed by atoms with Gasteiger partial charge in [-0.05, 0) is 35.2 Å². The highest BCUT2D eigenvalue weighted by Crippen LogP contribution is 2.32. The molecule has 0 bridgehead atoms. The average Bonchev–Trinajstić information content (AvgIpc) is 3.27. The molecule has 10 heteroatoms. The van der Waals surface area contributed by atoms with E-state index in [2.05, 4.69) is 11.0 Å². The Morgan fingerprint density at radius 2 is 1.33 bits per heavy atom. The molecule has 0 fully saturated rings. The molecule has 36 heavy (non-hydrogen) atoms. The number of anilines is 2. The summed E-state index contributed by atoms with van der Waals surface area (Å²) in [4.78, 5) is 21.7. The zero-order valence-corrected chi connectivity index (χ0v) is 19.1. The van der Waals surface area contributed by atoms with E-state index in [1.807, 2.05) is 84.9 Å². The standard InChI is InChI=1S/C20H16N2O4.C6H7N3O/c23-21(24)18-13-17(11-15-7-3-1-4-8-15)19(20(14-18)22(25)26)12-16-9-5-2-6-10-16;10-9-6-4-2-1-3-5(6)7-8-9/h1-10,13-14H,11-12H2;1-4,7-8,10H. The number of fused-ring (bicyclic) bond motifs is 1. The van der Waals surface area contributed by atoms with Crippen molar-refractivity contribution in [1.29, 1.82) is 0 Å². The molecule has 1 aliphatic rings. The van der Waals surface area contributed by atoms with Crippen LogP contribution in [-0.4, -0.2) is 15.1 Å². The van der Waals surface area contributed by atoms with Gasteiger partial charge in [-0.2, -0.15) is 5.17 Å². The topological polar surface area (TPSA) is 134 Å². The molecule has 3 N–H and O–H groups in total. The Labute approximate surface area is 206 Å². The SMILES string of the molecule is O=[N+]([O-])c1cc(Cc2ccccc2)c(Cc2ccccc2)c([N+](=O)[O-])c1.ON1NNc2ccccc21. The molecular formula is C26H23N5O5. The number of nitrogens with one attached hydrogen (secondary N) is 2. The van der Waals surface area contributed by atoms with E-state index >= 15 is 0 Å². The van der Waals surface area contributed by atoms with Crippen LogP contribution in [0.25, 0.3) is 0 Å². The van der Waals surface area contributed by atoms with Crippen LogP contribution in [0.1, 0.15) is 22.3 Å². The van der Waals surface area contributed by atoms with Crippen LogP contribution >= 0.6 is 0 Å². The number of hydrogen-bond donors (Lipinski definition) is 3. The smallest absolute Gasteiger partial charge is 0.280 e. The van der Waals surface area contributed by atoms with Gasteiger partial charge in [0.05, 0.1) is 21.6 Å². The second kappa shape index (κ2) is 11.1. The van der Waals surface area contributed by atoms with Gasteiger partial charge < -0.3 is 0 Å². The molecule has 0 radical (unpaired) electrons. The molecule has 5 rings (SSSR count). The van der Waals surface area contributed by atoms with E-state index in [1.165, 1.54) is 6.07 Å². The van der Waals surface area contributed by atoms with E-state index < -0.39 is 9.85 Å². The van der Waals surface area contributed by atoms with E-state index in [1.54, 1.807) is 0 Å². The molecule has 0 aromatic heterocycles. The van der Waals surface area contributed by atoms with Gasteiger partial charge in [0, 0.05) is 18.1 Å². The Balaban J connectivity index is 0.000000251. The Morgan fingerprint density at radius 3 is 1.92 bits per heavy atom. The monoisotopic (exact) mass is 485 g/mol. The zero-order valence-electron chi connectivity index (χ0n) is 19.1. The molecular weight excluding hydrogens is 462 g/mol. The first-order valence-electron chi connectivity index (χ1n) is 11.0. The number of para-hydroxylation sites is 2. The quantitative estimate of drug-likeness (QED) is 0.244. The lowest BCUT2D eigenvalue weighted by Gasteiger charge is -2.11. The second-order valence-electron chi connectivity index (χ2n) is 8.01. The maximum absolute atomic E-state index is 11.6. The summed E-state index contributed by atoms with van der Waals surface area (Å²) in [5.74, 6) is 0. The molecule has 0 amide bonds. The number of rotatable bonds is 6. The molecule has 0 aliphatic carbocycles. The summed E-state index contributed by atoms with van der Waals surface area (Å²) < 4.78 is 0. The molecule has 0 spiro atoms. The molecule has 0 unspecified atom stereocenters. The Morgan fingerprint density at radius 1 is 0.750 bits per heavy atom. The van der Waals surface area contributed by atoms with Gasteiger partial charge in [-0.1, -0.05) is 72.8 Å². The van der Waals surface area contributed by atoms with Gasteiger partial charge >= 0.3 is 0 Å². The lowest BCUT2D eigenvalue weighted by atomic mass is 9.93. The van der Waals surface area contributed by atoms with Crippen molar-refractivity contribution in [2.45, 2.75) is 12.8 Å². The summed E-state index contributed by atoms with van der Waals surface area (Å²) >= 11 is 0. The van der Waals surface area contributed by atoms with Crippen molar-refractivity contribution in [1.82, 2.24) is 5.53 Å². The molecule has 182 valence electrons. The number of nitro benzene ring substituents is 2. The number of hydrazine groups is 2. The third kappa shape index (κ3) is 5.81. The summed E-state index contributed by atoms with van der Waals surface area (Å²) in [5, 5.41) is 32.8. The maximum atomic E-state index is 11.6. The summed E-state index contributed by atoms with van der Waals surface area (Å²) in [5.41, 5.74) is 9.40. The first kappa shape index (κ1) is 24.3. The van der Waals surface area contributed by atoms with E-state index in [-0.39, 0.29) is 11.4 Å². The van der Waals surface area contributed by atoms with E-state index in [0.29, 0.717) is 24.0 Å². The van der Waals surface area contributed by atoms with Crippen LogP contribution in [-0.2, 0) is 12.8 Å². The van der Waals surface area contributed by atoms with E-state index in [9.17, 15) is 20.2 Å². The maximum Gasteiger partial charge on any atom is 0.280 e. The van der Waals surface area contributed by atoms with Crippen molar-refractivity contribution in [2.75, 3.05) is 10.6 Å². The van der Waals surface area contributed by atoms with Crippen molar-refractivity contribution in [3.63, 3.8) is 0 Å². The fourth-order valence-electron chi connectivity index (χ4n) is 3.88. The minimum atomic E-state index is -0.589. The normalized spacial score (nSPS) is 11.6. The molecule has 4 aromatic carbocycles. The average molecular weight is 486 g/mol. The zero-order chi connectivity index (χ0) is 25.5. The van der Waals surface area contributed by atoms with Crippen LogP contribution in [0.5, 0.6) is 0 Å². The van der Waals surface area contributed by atoms with Crippen LogP contribution in [0.4, 0.5) is 22.7 Å². The lowest BCUT2D eigenvalue weighted by molar-refractivity contribution is -0.394. The molecule has 4 aromatic rings. The van der Waals surface area contributed by atoms with Crippen molar-refractivity contribution in [3.05, 3.63) is 140 Å². The fraction of sp³-hybridized carbons (Fsp3) is 0.0769. The number of nitrogens with zero attached hydrogens (tertiary/aromatic N) is 3. The summed E-state index contributed by atoms with van der Waals surface area (Å²) in [6.07, 6.45) is 0.739. The van der Waals surface area contributed by atoms with Gasteiger partial charge in [0.2, 0.25) is 0 Å². The summed E-state index contributed by atoms with van der Waals surface area (Å²) in [6, 6.07) is 28.7. The summed E-state index contributed by atoms with van der Waals surface area (Å²) in [6.45, 7) is 0. The first-order valence-corrected chi connectivity index (χ1v) is 11.0. The third-order valence-electron chi connectivity index (χ3n) is 5.60. The molecule has 0 saturated heterocycles. The van der Waals surface area contributed by atoms with Gasteiger partial charge in [0.15, 0.2) is 0 Å². The van der Waals surface area contributed by atoms with Crippen molar-refractivity contribution in [3.8, 4) is 0 Å². The van der Waals surface area contributed by atoms with E-state index in [4.69, 9.17) is 5.21 Å². The highest BCUT2D eigenvalue weighted by Gasteiger charge is 2.24. The van der Waals surface area contributed by atoms with Crippen LogP contribution in [0.15, 0.2) is 97.1 Å². The highest BCUT2D eigenvalue weighted by atomic mass is 16.6. The highest BCUT2D eigenvalue weighted by molar-refractivity contribution is 5.71. The predicted octanol–water partition coefficient (Wildman–Crippen LogP) is 5.41. The minimum Gasteiger partial charge on any atom is -0.300 e. The first-order chi connectivity index (χ1) is 17.4. The number of nitro groups is 2. The molecule has 0 saturated carbocycles. The number of hydrogen-bond acceptors (Lipinski definition) is 8. The Bertz CT molecular complexity index is 1370. The molecule has 1 aliphatic heterocycles. The van der Waals surface area contributed by atoms with Gasteiger partial charge in [-0.3, -0.25) is 30.9 Å². The van der Waals surface area contributed by atoms with Crippen LogP contribution in [0, 0.1) is 20.2 Å². The van der Waals surface area contributed by atoms with Crippen molar-refractivity contribution in [2.24, 2.45) is 0 Å². The van der Waals surface area contributed by atoms with Gasteiger partial charge in [0.25, 0.3) is 11.4 Å². The van der Waals surface area contributed by atoms with Crippen LogP contribution < -0.4 is 16.1 Å². The van der Waals surface area contributed by atoms with Crippen molar-refractivity contribution >= 4 is 22.7 Å². The van der Waals surface area contributed by atoms with Gasteiger partial charge in [-0.15, -0.1) is 5.53 Å². The summed E-state index contributed by atoms with van der Waals surface area (Å²) in [7, 11) is 0.